The Morgan fingerprint density at radius 2 is 1.31 bits per heavy atom. The molecule has 0 spiro atoms. The van der Waals surface area contributed by atoms with Gasteiger partial charge in [0, 0.05) is 19.8 Å². The van der Waals surface area contributed by atoms with E-state index in [2.05, 4.69) is 10.6 Å². The molecule has 29 heavy (non-hydrogen) atoms. The monoisotopic (exact) mass is 387 g/mol. The fourth-order valence-electron chi connectivity index (χ4n) is 2.99. The van der Waals surface area contributed by atoms with Crippen LogP contribution in [0.1, 0.15) is 22.7 Å². The van der Waals surface area contributed by atoms with E-state index in [-0.39, 0.29) is 18.0 Å². The Morgan fingerprint density at radius 1 is 0.793 bits per heavy atom. The zero-order valence-electron chi connectivity index (χ0n) is 16.6. The Morgan fingerprint density at radius 3 is 1.79 bits per heavy atom. The van der Waals surface area contributed by atoms with E-state index in [0.717, 1.165) is 16.7 Å². The molecule has 5 heteroatoms. The van der Waals surface area contributed by atoms with Crippen LogP contribution in [0.4, 0.5) is 10.5 Å². The maximum atomic E-state index is 12.6. The summed E-state index contributed by atoms with van der Waals surface area (Å²) in [6.45, 7) is 0. The Hall–Kier alpha value is -3.60. The summed E-state index contributed by atoms with van der Waals surface area (Å²) < 4.78 is 0. The summed E-state index contributed by atoms with van der Waals surface area (Å²) in [6, 6.07) is 26.5. The molecule has 3 amide bonds. The molecule has 0 heterocycles. The van der Waals surface area contributed by atoms with E-state index in [1.807, 2.05) is 72.8 Å². The number of nitrogens with one attached hydrogen (secondary N) is 2. The number of urea groups is 1. The highest BCUT2D eigenvalue weighted by molar-refractivity contribution is 5.90. The lowest BCUT2D eigenvalue weighted by Crippen LogP contribution is -2.33. The first-order valence-corrected chi connectivity index (χ1v) is 9.49. The molecule has 0 aliphatic carbocycles. The van der Waals surface area contributed by atoms with Gasteiger partial charge in [0.05, 0.1) is 12.5 Å². The van der Waals surface area contributed by atoms with Gasteiger partial charge in [0.15, 0.2) is 0 Å². The predicted octanol–water partition coefficient (Wildman–Crippen LogP) is 4.23. The van der Waals surface area contributed by atoms with Crippen LogP contribution in [0.15, 0.2) is 84.9 Å². The van der Waals surface area contributed by atoms with Gasteiger partial charge in [-0.1, -0.05) is 72.8 Å². The molecule has 3 rings (SSSR count). The third kappa shape index (κ3) is 5.69. The average Bonchev–Trinajstić information content (AvgIpc) is 2.74. The quantitative estimate of drug-likeness (QED) is 0.665. The third-order valence-electron chi connectivity index (χ3n) is 4.61. The summed E-state index contributed by atoms with van der Waals surface area (Å²) in [4.78, 5) is 26.0. The minimum Gasteiger partial charge on any atom is -0.349 e. The third-order valence-corrected chi connectivity index (χ3v) is 4.61. The number of carbonyl (C=O) groups excluding carboxylic acids is 2. The SMILES string of the molecule is CN(C)C(=O)Cc1ccc(NC(=O)NC(c2ccccc2)c2ccccc2)cc1. The number of rotatable bonds is 6. The molecular weight excluding hydrogens is 362 g/mol. The van der Waals surface area contributed by atoms with Crippen molar-refractivity contribution in [3.05, 3.63) is 102 Å². The van der Waals surface area contributed by atoms with E-state index in [9.17, 15) is 9.59 Å². The van der Waals surface area contributed by atoms with Crippen molar-refractivity contribution in [2.75, 3.05) is 19.4 Å². The van der Waals surface area contributed by atoms with Crippen LogP contribution in [0.2, 0.25) is 0 Å². The van der Waals surface area contributed by atoms with E-state index in [0.29, 0.717) is 12.1 Å². The molecule has 3 aromatic carbocycles. The molecular formula is C24H25N3O2. The maximum Gasteiger partial charge on any atom is 0.319 e. The van der Waals surface area contributed by atoms with Gasteiger partial charge in [-0.05, 0) is 28.8 Å². The fraction of sp³-hybridized carbons (Fsp3) is 0.167. The first-order valence-electron chi connectivity index (χ1n) is 9.49. The molecule has 0 atom stereocenters. The average molecular weight is 387 g/mol. The summed E-state index contributed by atoms with van der Waals surface area (Å²) in [7, 11) is 3.47. The van der Waals surface area contributed by atoms with Crippen LogP contribution < -0.4 is 10.6 Å². The summed E-state index contributed by atoms with van der Waals surface area (Å²) in [5.41, 5.74) is 3.59. The molecule has 0 aliphatic heterocycles. The molecule has 5 nitrogen and oxygen atoms in total. The minimum atomic E-state index is -0.292. The van der Waals surface area contributed by atoms with Gasteiger partial charge < -0.3 is 15.5 Å². The molecule has 148 valence electrons. The van der Waals surface area contributed by atoms with Gasteiger partial charge in [-0.15, -0.1) is 0 Å². The number of amides is 3. The van der Waals surface area contributed by atoms with Crippen molar-refractivity contribution in [3.63, 3.8) is 0 Å². The number of hydrogen-bond acceptors (Lipinski definition) is 2. The molecule has 0 aliphatic rings. The van der Waals surface area contributed by atoms with E-state index >= 15 is 0 Å². The van der Waals surface area contributed by atoms with Crippen LogP contribution in [0, 0.1) is 0 Å². The van der Waals surface area contributed by atoms with Crippen molar-refractivity contribution in [2.24, 2.45) is 0 Å². The van der Waals surface area contributed by atoms with E-state index in [1.165, 1.54) is 0 Å². The number of likely N-dealkylation sites (N-methyl/N-ethyl adjacent to an activating group) is 1. The van der Waals surface area contributed by atoms with Crippen molar-refractivity contribution in [2.45, 2.75) is 12.5 Å². The second-order valence-electron chi connectivity index (χ2n) is 7.01. The number of carbonyl (C=O) groups is 2. The van der Waals surface area contributed by atoms with Gasteiger partial charge in [-0.2, -0.15) is 0 Å². The molecule has 0 saturated carbocycles. The highest BCUT2D eigenvalue weighted by atomic mass is 16.2. The number of benzene rings is 3. The van der Waals surface area contributed by atoms with Crippen LogP contribution in [0.25, 0.3) is 0 Å². The molecule has 0 unspecified atom stereocenters. The van der Waals surface area contributed by atoms with Crippen LogP contribution in [0.3, 0.4) is 0 Å². The highest BCUT2D eigenvalue weighted by Gasteiger charge is 2.16. The zero-order chi connectivity index (χ0) is 20.6. The van der Waals surface area contributed by atoms with E-state index in [1.54, 1.807) is 31.1 Å². The van der Waals surface area contributed by atoms with Crippen molar-refractivity contribution in [3.8, 4) is 0 Å². The minimum absolute atomic E-state index is 0.0389. The van der Waals surface area contributed by atoms with Crippen molar-refractivity contribution in [1.82, 2.24) is 10.2 Å². The van der Waals surface area contributed by atoms with Gasteiger partial charge in [0.2, 0.25) is 5.91 Å². The van der Waals surface area contributed by atoms with Gasteiger partial charge >= 0.3 is 6.03 Å². The van der Waals surface area contributed by atoms with Crippen LogP contribution in [0.5, 0.6) is 0 Å². The largest absolute Gasteiger partial charge is 0.349 e. The lowest BCUT2D eigenvalue weighted by Gasteiger charge is -2.20. The Bertz CT molecular complexity index is 899. The molecule has 0 radical (unpaired) electrons. The second kappa shape index (κ2) is 9.55. The summed E-state index contributed by atoms with van der Waals surface area (Å²) in [6.07, 6.45) is 0.337. The first kappa shape index (κ1) is 20.1. The van der Waals surface area contributed by atoms with Gasteiger partial charge in [0.25, 0.3) is 0 Å². The normalized spacial score (nSPS) is 10.4. The fourth-order valence-corrected chi connectivity index (χ4v) is 2.99. The standard InChI is InChI=1S/C24H25N3O2/c1-27(2)22(28)17-18-13-15-21(16-14-18)25-24(29)26-23(19-9-5-3-6-10-19)20-11-7-4-8-12-20/h3-16,23H,17H2,1-2H3,(H2,25,26,29). The Balaban J connectivity index is 1.68. The van der Waals surface area contributed by atoms with Crippen molar-refractivity contribution >= 4 is 17.6 Å². The van der Waals surface area contributed by atoms with Gasteiger partial charge in [-0.3, -0.25) is 4.79 Å². The van der Waals surface area contributed by atoms with Crippen LogP contribution in [-0.4, -0.2) is 30.9 Å². The van der Waals surface area contributed by atoms with Gasteiger partial charge in [-0.25, -0.2) is 4.79 Å². The Kier molecular flexibility index (Phi) is 6.63. The van der Waals surface area contributed by atoms with Crippen molar-refractivity contribution < 1.29 is 9.59 Å². The lowest BCUT2D eigenvalue weighted by molar-refractivity contribution is -0.127. The zero-order valence-corrected chi connectivity index (χ0v) is 16.6. The van der Waals surface area contributed by atoms with Crippen molar-refractivity contribution in [1.29, 1.82) is 0 Å². The summed E-state index contributed by atoms with van der Waals surface area (Å²) in [5, 5.41) is 5.92. The number of anilines is 1. The second-order valence-corrected chi connectivity index (χ2v) is 7.01. The summed E-state index contributed by atoms with van der Waals surface area (Å²) >= 11 is 0. The first-order chi connectivity index (χ1) is 14.0. The molecule has 0 aromatic heterocycles. The van der Waals surface area contributed by atoms with E-state index in [4.69, 9.17) is 0 Å². The van der Waals surface area contributed by atoms with Crippen LogP contribution in [-0.2, 0) is 11.2 Å². The predicted molar refractivity (Wildman–Crippen MR) is 116 cm³/mol. The number of nitrogens with zero attached hydrogens (tertiary/aromatic N) is 1. The molecule has 0 saturated heterocycles. The Labute approximate surface area is 171 Å². The summed E-state index contributed by atoms with van der Waals surface area (Å²) in [5.74, 6) is 0.0389. The maximum absolute atomic E-state index is 12.6. The molecule has 0 fully saturated rings. The van der Waals surface area contributed by atoms with Gasteiger partial charge in [0.1, 0.15) is 0 Å². The highest BCUT2D eigenvalue weighted by Crippen LogP contribution is 2.22. The molecule has 0 bridgehead atoms. The number of hydrogen-bond donors (Lipinski definition) is 2. The molecule has 2 N–H and O–H groups in total. The smallest absolute Gasteiger partial charge is 0.319 e. The topological polar surface area (TPSA) is 61.4 Å². The van der Waals surface area contributed by atoms with Crippen LogP contribution >= 0.6 is 0 Å². The molecule has 3 aromatic rings. The lowest BCUT2D eigenvalue weighted by atomic mass is 9.99. The van der Waals surface area contributed by atoms with E-state index < -0.39 is 0 Å².